The van der Waals surface area contributed by atoms with E-state index in [1.807, 2.05) is 30.3 Å². The lowest BCUT2D eigenvalue weighted by Gasteiger charge is -2.15. The number of ether oxygens (including phenoxy) is 2. The molecule has 0 aliphatic rings. The molecule has 0 spiro atoms. The zero-order valence-corrected chi connectivity index (χ0v) is 13.2. The Morgan fingerprint density at radius 1 is 1.17 bits per heavy atom. The van der Waals surface area contributed by atoms with Crippen molar-refractivity contribution < 1.29 is 14.6 Å². The molecule has 0 aliphatic carbocycles. The first-order valence-electron chi connectivity index (χ1n) is 7.16. The molecule has 0 radical (unpaired) electrons. The van der Waals surface area contributed by atoms with Gasteiger partial charge in [0, 0.05) is 11.3 Å². The van der Waals surface area contributed by atoms with Gasteiger partial charge in [-0.25, -0.2) is 0 Å². The molecule has 1 unspecified atom stereocenters. The number of guanidine groups is 1. The zero-order chi connectivity index (χ0) is 16.7. The van der Waals surface area contributed by atoms with Crippen molar-refractivity contribution in [3.8, 4) is 11.5 Å². The van der Waals surface area contributed by atoms with E-state index in [9.17, 15) is 5.11 Å². The van der Waals surface area contributed by atoms with Crippen LogP contribution in [0.25, 0.3) is 0 Å². The average Bonchev–Trinajstić information content (AvgIpc) is 2.60. The number of hydrogen-bond donors (Lipinski definition) is 3. The second-order valence-electron chi connectivity index (χ2n) is 4.84. The van der Waals surface area contributed by atoms with Gasteiger partial charge in [-0.2, -0.15) is 0 Å². The Morgan fingerprint density at radius 2 is 1.91 bits per heavy atom. The molecule has 0 bridgehead atoms. The standard InChI is InChI=1S/C17H21N3O3/c1-22-13-8-9-16(23-2)14(10-13)15(21)11-19-17(18)20-12-6-4-3-5-7-12/h3-10,15,21H,11H2,1-2H3,(H3,18,19,20). The summed E-state index contributed by atoms with van der Waals surface area (Å²) < 4.78 is 10.4. The lowest BCUT2D eigenvalue weighted by molar-refractivity contribution is 0.182. The average molecular weight is 315 g/mol. The van der Waals surface area contributed by atoms with E-state index in [4.69, 9.17) is 15.2 Å². The lowest BCUT2D eigenvalue weighted by atomic mass is 10.1. The molecule has 4 N–H and O–H groups in total. The highest BCUT2D eigenvalue weighted by Crippen LogP contribution is 2.29. The molecule has 122 valence electrons. The van der Waals surface area contributed by atoms with Crippen LogP contribution in [-0.4, -0.2) is 31.8 Å². The Hall–Kier alpha value is -2.73. The number of aliphatic hydroxyl groups excluding tert-OH is 1. The van der Waals surface area contributed by atoms with Gasteiger partial charge in [-0.05, 0) is 30.3 Å². The van der Waals surface area contributed by atoms with Gasteiger partial charge < -0.3 is 25.6 Å². The number of methoxy groups -OCH3 is 2. The fraction of sp³-hybridized carbons (Fsp3) is 0.235. The number of hydrogen-bond acceptors (Lipinski definition) is 4. The third-order valence-electron chi connectivity index (χ3n) is 3.28. The van der Waals surface area contributed by atoms with Crippen LogP contribution in [0, 0.1) is 0 Å². The smallest absolute Gasteiger partial charge is 0.193 e. The van der Waals surface area contributed by atoms with Crippen molar-refractivity contribution in [2.24, 2.45) is 10.7 Å². The van der Waals surface area contributed by atoms with Crippen molar-refractivity contribution in [2.45, 2.75) is 6.10 Å². The molecule has 6 heteroatoms. The van der Waals surface area contributed by atoms with Crippen molar-refractivity contribution in [1.82, 2.24) is 0 Å². The van der Waals surface area contributed by atoms with Crippen molar-refractivity contribution in [3.63, 3.8) is 0 Å². The summed E-state index contributed by atoms with van der Waals surface area (Å²) in [5.74, 6) is 1.44. The van der Waals surface area contributed by atoms with Gasteiger partial charge in [-0.1, -0.05) is 18.2 Å². The summed E-state index contributed by atoms with van der Waals surface area (Å²) in [5.41, 5.74) is 7.27. The fourth-order valence-corrected chi connectivity index (χ4v) is 2.09. The van der Waals surface area contributed by atoms with Crippen LogP contribution in [0.2, 0.25) is 0 Å². The summed E-state index contributed by atoms with van der Waals surface area (Å²) in [4.78, 5) is 4.16. The van der Waals surface area contributed by atoms with Crippen LogP contribution in [0.4, 0.5) is 5.69 Å². The molecule has 6 nitrogen and oxygen atoms in total. The van der Waals surface area contributed by atoms with Crippen molar-refractivity contribution in [1.29, 1.82) is 0 Å². The van der Waals surface area contributed by atoms with Gasteiger partial charge in [0.05, 0.1) is 20.8 Å². The quantitative estimate of drug-likeness (QED) is 0.561. The maximum absolute atomic E-state index is 10.3. The Balaban J connectivity index is 2.06. The molecule has 2 aromatic rings. The minimum Gasteiger partial charge on any atom is -0.497 e. The first-order chi connectivity index (χ1) is 11.1. The third-order valence-corrected chi connectivity index (χ3v) is 3.28. The number of para-hydroxylation sites is 1. The Kier molecular flexibility index (Phi) is 5.82. The van der Waals surface area contributed by atoms with Crippen molar-refractivity contribution >= 4 is 11.6 Å². The molecule has 0 heterocycles. The molecule has 1 atom stereocenters. The van der Waals surface area contributed by atoms with Gasteiger partial charge in [-0.3, -0.25) is 4.99 Å². The fourth-order valence-electron chi connectivity index (χ4n) is 2.09. The van der Waals surface area contributed by atoms with E-state index in [0.29, 0.717) is 17.1 Å². The van der Waals surface area contributed by atoms with Crippen LogP contribution in [-0.2, 0) is 0 Å². The molecule has 0 saturated heterocycles. The number of aliphatic hydroxyl groups is 1. The first kappa shape index (κ1) is 16.6. The van der Waals surface area contributed by atoms with E-state index in [1.165, 1.54) is 0 Å². The van der Waals surface area contributed by atoms with E-state index in [0.717, 1.165) is 5.69 Å². The number of nitrogens with two attached hydrogens (primary N) is 1. The molecule has 0 amide bonds. The summed E-state index contributed by atoms with van der Waals surface area (Å²) in [5, 5.41) is 13.3. The van der Waals surface area contributed by atoms with Crippen LogP contribution in [0.1, 0.15) is 11.7 Å². The molecule has 0 aromatic heterocycles. The minimum atomic E-state index is -0.851. The first-order valence-corrected chi connectivity index (χ1v) is 7.16. The monoisotopic (exact) mass is 315 g/mol. The molecule has 0 fully saturated rings. The van der Waals surface area contributed by atoms with E-state index < -0.39 is 6.10 Å². The van der Waals surface area contributed by atoms with E-state index in [2.05, 4.69) is 10.3 Å². The number of aliphatic imine (C=N–C) groups is 1. The van der Waals surface area contributed by atoms with Crippen LogP contribution < -0.4 is 20.5 Å². The van der Waals surface area contributed by atoms with Crippen molar-refractivity contribution in [2.75, 3.05) is 26.1 Å². The maximum atomic E-state index is 10.3. The van der Waals surface area contributed by atoms with Gasteiger partial charge in [-0.15, -0.1) is 0 Å². The Morgan fingerprint density at radius 3 is 2.57 bits per heavy atom. The van der Waals surface area contributed by atoms with Crippen LogP contribution in [0.15, 0.2) is 53.5 Å². The van der Waals surface area contributed by atoms with Crippen LogP contribution in [0.5, 0.6) is 11.5 Å². The van der Waals surface area contributed by atoms with Crippen LogP contribution in [0.3, 0.4) is 0 Å². The third kappa shape index (κ3) is 4.62. The highest BCUT2D eigenvalue weighted by molar-refractivity contribution is 5.92. The largest absolute Gasteiger partial charge is 0.497 e. The summed E-state index contributed by atoms with van der Waals surface area (Å²) >= 11 is 0. The zero-order valence-electron chi connectivity index (χ0n) is 13.2. The number of nitrogens with zero attached hydrogens (tertiary/aromatic N) is 1. The van der Waals surface area contributed by atoms with Gasteiger partial charge in [0.25, 0.3) is 0 Å². The molecule has 2 rings (SSSR count). The summed E-state index contributed by atoms with van der Waals surface area (Å²) in [6, 6.07) is 14.7. The predicted molar refractivity (Wildman–Crippen MR) is 91.1 cm³/mol. The van der Waals surface area contributed by atoms with E-state index in [-0.39, 0.29) is 12.5 Å². The second-order valence-corrected chi connectivity index (χ2v) is 4.84. The van der Waals surface area contributed by atoms with Crippen molar-refractivity contribution in [3.05, 3.63) is 54.1 Å². The number of nitrogens with one attached hydrogen (secondary N) is 1. The SMILES string of the molecule is COc1ccc(OC)c(C(O)CN=C(N)Nc2ccccc2)c1. The van der Waals surface area contributed by atoms with E-state index >= 15 is 0 Å². The summed E-state index contributed by atoms with van der Waals surface area (Å²) in [6.07, 6.45) is -0.851. The molecule has 0 saturated carbocycles. The molecule has 2 aromatic carbocycles. The van der Waals surface area contributed by atoms with Gasteiger partial charge in [0.2, 0.25) is 0 Å². The Labute approximate surface area is 135 Å². The number of benzene rings is 2. The minimum absolute atomic E-state index is 0.106. The predicted octanol–water partition coefficient (Wildman–Crippen LogP) is 2.16. The molecule has 23 heavy (non-hydrogen) atoms. The number of anilines is 1. The second kappa shape index (κ2) is 8.05. The van der Waals surface area contributed by atoms with E-state index in [1.54, 1.807) is 32.4 Å². The molecular weight excluding hydrogens is 294 g/mol. The van der Waals surface area contributed by atoms with Crippen LogP contribution >= 0.6 is 0 Å². The summed E-state index contributed by atoms with van der Waals surface area (Å²) in [6.45, 7) is 0.106. The molecule has 0 aliphatic heterocycles. The summed E-state index contributed by atoms with van der Waals surface area (Å²) in [7, 11) is 3.12. The lowest BCUT2D eigenvalue weighted by Crippen LogP contribution is -2.23. The highest BCUT2D eigenvalue weighted by Gasteiger charge is 2.14. The van der Waals surface area contributed by atoms with Gasteiger partial charge in [0.1, 0.15) is 17.6 Å². The molecular formula is C17H21N3O3. The maximum Gasteiger partial charge on any atom is 0.193 e. The Bertz CT molecular complexity index is 659. The topological polar surface area (TPSA) is 89.1 Å². The van der Waals surface area contributed by atoms with Gasteiger partial charge >= 0.3 is 0 Å². The normalized spacial score (nSPS) is 12.6. The highest BCUT2D eigenvalue weighted by atomic mass is 16.5. The van der Waals surface area contributed by atoms with Gasteiger partial charge in [0.15, 0.2) is 5.96 Å². The number of rotatable bonds is 6.